The number of nitrogens with one attached hydrogen (secondary N) is 2. The van der Waals surface area contributed by atoms with Crippen molar-refractivity contribution in [2.75, 3.05) is 12.4 Å². The van der Waals surface area contributed by atoms with Crippen LogP contribution in [-0.2, 0) is 25.1 Å². The van der Waals surface area contributed by atoms with Crippen molar-refractivity contribution < 1.29 is 17.9 Å². The van der Waals surface area contributed by atoms with Gasteiger partial charge in [-0.25, -0.2) is 17.9 Å². The number of carbonyl (C=O) groups is 1. The largest absolute Gasteiger partial charge is 0.467 e. The summed E-state index contributed by atoms with van der Waals surface area (Å²) in [5.41, 5.74) is 0.794. The summed E-state index contributed by atoms with van der Waals surface area (Å²) >= 11 is 9.55. The third-order valence-electron chi connectivity index (χ3n) is 6.16. The zero-order chi connectivity index (χ0) is 27.3. The van der Waals surface area contributed by atoms with E-state index < -0.39 is 27.6 Å². The van der Waals surface area contributed by atoms with E-state index in [9.17, 15) is 13.2 Å². The van der Waals surface area contributed by atoms with E-state index in [2.05, 4.69) is 26.0 Å². The van der Waals surface area contributed by atoms with Crippen LogP contribution in [0.15, 0.2) is 112 Å². The van der Waals surface area contributed by atoms with Crippen LogP contribution in [0.2, 0.25) is 5.02 Å². The van der Waals surface area contributed by atoms with Crippen molar-refractivity contribution >= 4 is 49.2 Å². The van der Waals surface area contributed by atoms with Gasteiger partial charge in [-0.15, -0.1) is 0 Å². The smallest absolute Gasteiger partial charge is 0.338 e. The molecule has 0 aliphatic rings. The Morgan fingerprint density at radius 3 is 2.08 bits per heavy atom. The van der Waals surface area contributed by atoms with Crippen molar-refractivity contribution in [3.63, 3.8) is 0 Å². The molecule has 0 amide bonds. The number of hydrogen-bond acceptors (Lipinski definition) is 5. The third kappa shape index (κ3) is 5.94. The molecule has 0 aromatic heterocycles. The molecule has 2 atom stereocenters. The van der Waals surface area contributed by atoms with E-state index in [1.807, 2.05) is 13.0 Å². The molecular weight excluding hydrogens is 588 g/mol. The lowest BCUT2D eigenvalue weighted by molar-refractivity contribution is -0.147. The number of hydrogen-bond donors (Lipinski definition) is 2. The maximum Gasteiger partial charge on any atom is 0.338 e. The summed E-state index contributed by atoms with van der Waals surface area (Å²) in [6.45, 7) is 1.88. The van der Waals surface area contributed by atoms with Crippen LogP contribution < -0.4 is 10.0 Å². The lowest BCUT2D eigenvalue weighted by atomic mass is 9.79. The maximum atomic E-state index is 13.9. The van der Waals surface area contributed by atoms with E-state index in [0.29, 0.717) is 21.8 Å². The molecule has 4 rings (SSSR count). The predicted octanol–water partition coefficient (Wildman–Crippen LogP) is 6.61. The molecule has 0 heterocycles. The zero-order valence-electron chi connectivity index (χ0n) is 20.7. The van der Waals surface area contributed by atoms with Gasteiger partial charge in [0.2, 0.25) is 10.0 Å². The van der Waals surface area contributed by atoms with Crippen LogP contribution in [0.3, 0.4) is 0 Å². The second-order valence-corrected chi connectivity index (χ2v) is 11.8. The molecule has 196 valence electrons. The van der Waals surface area contributed by atoms with E-state index in [-0.39, 0.29) is 4.90 Å². The molecule has 0 radical (unpaired) electrons. The summed E-state index contributed by atoms with van der Waals surface area (Å²) in [6, 6.07) is 28.2. The number of rotatable bonds is 9. The Balaban J connectivity index is 1.98. The summed E-state index contributed by atoms with van der Waals surface area (Å²) in [5, 5.41) is 3.83. The summed E-state index contributed by atoms with van der Waals surface area (Å²) in [4.78, 5) is 14.0. The minimum Gasteiger partial charge on any atom is -0.467 e. The average molecular weight is 614 g/mol. The number of methoxy groups -OCH3 is 1. The molecule has 0 bridgehead atoms. The van der Waals surface area contributed by atoms with Crippen molar-refractivity contribution in [2.45, 2.75) is 23.4 Å². The highest BCUT2D eigenvalue weighted by atomic mass is 79.9. The molecule has 4 aromatic carbocycles. The van der Waals surface area contributed by atoms with E-state index in [1.165, 1.54) is 19.2 Å². The normalized spacial score (nSPS) is 13.8. The summed E-state index contributed by atoms with van der Waals surface area (Å²) in [5.74, 6) is -0.682. The highest BCUT2D eigenvalue weighted by Gasteiger charge is 2.51. The summed E-state index contributed by atoms with van der Waals surface area (Å²) in [7, 11) is -2.82. The maximum absolute atomic E-state index is 13.9. The number of anilines is 1. The van der Waals surface area contributed by atoms with E-state index in [0.717, 1.165) is 10.0 Å². The Hall–Kier alpha value is -3.17. The van der Waals surface area contributed by atoms with E-state index >= 15 is 0 Å². The van der Waals surface area contributed by atoms with Crippen molar-refractivity contribution in [1.82, 2.24) is 4.72 Å². The first kappa shape index (κ1) is 27.9. The second-order valence-electron chi connectivity index (χ2n) is 8.72. The van der Waals surface area contributed by atoms with Gasteiger partial charge in [0.15, 0.2) is 5.54 Å². The van der Waals surface area contributed by atoms with Crippen molar-refractivity contribution in [3.05, 3.63) is 129 Å². The topological polar surface area (TPSA) is 84.5 Å². The van der Waals surface area contributed by atoms with E-state index in [4.69, 9.17) is 16.3 Å². The summed E-state index contributed by atoms with van der Waals surface area (Å²) < 4.78 is 36.5. The molecule has 0 saturated heterocycles. The van der Waals surface area contributed by atoms with Crippen LogP contribution in [0.25, 0.3) is 0 Å². The monoisotopic (exact) mass is 612 g/mol. The van der Waals surface area contributed by atoms with Crippen molar-refractivity contribution in [2.24, 2.45) is 0 Å². The van der Waals surface area contributed by atoms with Gasteiger partial charge in [0.1, 0.15) is 0 Å². The van der Waals surface area contributed by atoms with Crippen LogP contribution in [0.5, 0.6) is 0 Å². The Bertz CT molecular complexity index is 1500. The van der Waals surface area contributed by atoms with Gasteiger partial charge in [-0.3, -0.25) is 0 Å². The number of benzene rings is 4. The number of carbonyl (C=O) groups excluding carboxylic acids is 1. The first-order chi connectivity index (χ1) is 18.2. The minimum atomic E-state index is -4.10. The van der Waals surface area contributed by atoms with Crippen molar-refractivity contribution in [3.8, 4) is 0 Å². The fourth-order valence-corrected chi connectivity index (χ4v) is 5.87. The van der Waals surface area contributed by atoms with Gasteiger partial charge in [-0.1, -0.05) is 87.7 Å². The fraction of sp³-hybridized carbons (Fsp3) is 0.138. The number of aryl methyl sites for hydroxylation is 1. The van der Waals surface area contributed by atoms with Gasteiger partial charge >= 0.3 is 5.97 Å². The molecule has 38 heavy (non-hydrogen) atoms. The molecule has 0 aliphatic heterocycles. The van der Waals surface area contributed by atoms with Gasteiger partial charge in [-0.2, -0.15) is 0 Å². The summed E-state index contributed by atoms with van der Waals surface area (Å²) in [6.07, 6.45) is 0. The van der Waals surface area contributed by atoms with Crippen molar-refractivity contribution in [1.29, 1.82) is 0 Å². The van der Waals surface area contributed by atoms with Crippen LogP contribution >= 0.6 is 27.5 Å². The number of sulfonamides is 1. The molecule has 4 aromatic rings. The molecule has 0 fully saturated rings. The minimum absolute atomic E-state index is 0.0727. The Morgan fingerprint density at radius 1 is 0.895 bits per heavy atom. The molecule has 0 aliphatic carbocycles. The second kappa shape index (κ2) is 11.7. The van der Waals surface area contributed by atoms with Crippen LogP contribution in [0.4, 0.5) is 5.69 Å². The third-order valence-corrected chi connectivity index (χ3v) is 8.38. The lowest BCUT2D eigenvalue weighted by Crippen LogP contribution is -2.54. The van der Waals surface area contributed by atoms with E-state index in [1.54, 1.807) is 84.9 Å². The quantitative estimate of drug-likeness (QED) is 0.208. The predicted molar refractivity (Wildman–Crippen MR) is 154 cm³/mol. The Morgan fingerprint density at radius 2 is 1.50 bits per heavy atom. The number of ether oxygens (including phenoxy) is 1. The lowest BCUT2D eigenvalue weighted by Gasteiger charge is -2.40. The highest BCUT2D eigenvalue weighted by Crippen LogP contribution is 2.41. The van der Waals surface area contributed by atoms with Crippen LogP contribution in [-0.4, -0.2) is 21.5 Å². The number of halogens is 2. The first-order valence-corrected chi connectivity index (χ1v) is 14.3. The van der Waals surface area contributed by atoms with Gasteiger partial charge in [0.25, 0.3) is 0 Å². The molecule has 0 saturated carbocycles. The van der Waals surface area contributed by atoms with Gasteiger partial charge in [0.05, 0.1) is 18.0 Å². The average Bonchev–Trinajstić information content (AvgIpc) is 2.92. The van der Waals surface area contributed by atoms with Gasteiger partial charge < -0.3 is 10.1 Å². The highest BCUT2D eigenvalue weighted by molar-refractivity contribution is 9.10. The van der Waals surface area contributed by atoms with Crippen LogP contribution in [0, 0.1) is 6.92 Å². The molecule has 9 heteroatoms. The molecule has 0 unspecified atom stereocenters. The zero-order valence-corrected chi connectivity index (χ0v) is 23.8. The van der Waals surface area contributed by atoms with Gasteiger partial charge in [0, 0.05) is 15.2 Å². The standard InChI is InChI=1S/C29H26BrClN2O4S/c1-20-8-18-26(19-9-20)38(35,36)33-27(21-10-12-23(30)13-11-21)29(28(34)37-2,22-6-4-3-5-7-22)32-25-16-14-24(31)15-17-25/h3-19,27,32-33H,1-2H3/t27-,29-/m0/s1. The molecule has 0 spiro atoms. The fourth-order valence-electron chi connectivity index (χ4n) is 4.22. The first-order valence-electron chi connectivity index (χ1n) is 11.7. The van der Waals surface area contributed by atoms with Crippen LogP contribution in [0.1, 0.15) is 22.7 Å². The SMILES string of the molecule is COC(=O)[C@](Nc1ccc(Cl)cc1)(c1ccccc1)[C@@H](NS(=O)(=O)c1ccc(C)cc1)c1ccc(Br)cc1. The molecule has 2 N–H and O–H groups in total. The Kier molecular flexibility index (Phi) is 8.57. The molecular formula is C29H26BrClN2O4S. The van der Waals surface area contributed by atoms with Gasteiger partial charge in [-0.05, 0) is 66.6 Å². The number of esters is 1. The molecule has 6 nitrogen and oxygen atoms in total. The Labute approximate surface area is 236 Å².